The number of amides is 5. The van der Waals surface area contributed by atoms with E-state index in [4.69, 9.17) is 23.2 Å². The second-order valence-corrected chi connectivity index (χ2v) is 8.58. The zero-order valence-electron chi connectivity index (χ0n) is 17.7. The Hall–Kier alpha value is -3.10. The van der Waals surface area contributed by atoms with Crippen molar-refractivity contribution in [3.63, 3.8) is 0 Å². The summed E-state index contributed by atoms with van der Waals surface area (Å²) in [5.74, 6) is -1.60. The van der Waals surface area contributed by atoms with Crippen molar-refractivity contribution in [2.24, 2.45) is 0 Å². The molecule has 0 aliphatic carbocycles. The van der Waals surface area contributed by atoms with Crippen molar-refractivity contribution in [3.05, 3.63) is 63.6 Å². The molecule has 0 spiro atoms. The van der Waals surface area contributed by atoms with Crippen molar-refractivity contribution in [2.45, 2.75) is 19.4 Å². The number of urea groups is 1. The molecule has 3 rings (SSSR count). The maximum absolute atomic E-state index is 13.0. The highest BCUT2D eigenvalue weighted by atomic mass is 35.5. The number of carbonyl (C=O) groups is 4. The van der Waals surface area contributed by atoms with Gasteiger partial charge in [0.05, 0.1) is 6.54 Å². The van der Waals surface area contributed by atoms with Gasteiger partial charge in [0, 0.05) is 28.3 Å². The first-order chi connectivity index (χ1) is 15.0. The van der Waals surface area contributed by atoms with E-state index in [1.807, 2.05) is 19.1 Å². The lowest BCUT2D eigenvalue weighted by atomic mass is 9.92. The average Bonchev–Trinajstić information content (AvgIpc) is 2.93. The van der Waals surface area contributed by atoms with E-state index in [9.17, 15) is 19.2 Å². The Labute approximate surface area is 195 Å². The third kappa shape index (κ3) is 4.87. The summed E-state index contributed by atoms with van der Waals surface area (Å²) in [5.41, 5.74) is 0.574. The minimum atomic E-state index is -1.44. The van der Waals surface area contributed by atoms with Gasteiger partial charge in [0.2, 0.25) is 11.8 Å². The molecule has 1 fully saturated rings. The normalized spacial score (nSPS) is 17.8. The zero-order chi connectivity index (χ0) is 23.6. The lowest BCUT2D eigenvalue weighted by Gasteiger charge is -2.24. The Morgan fingerprint density at radius 3 is 2.41 bits per heavy atom. The fraction of sp³-hybridized carbons (Fsp3) is 0.273. The molecule has 10 heteroatoms. The average molecular weight is 477 g/mol. The number of anilines is 1. The summed E-state index contributed by atoms with van der Waals surface area (Å²) in [6.45, 7) is 2.68. The van der Waals surface area contributed by atoms with Gasteiger partial charge >= 0.3 is 6.03 Å². The number of halogens is 2. The van der Waals surface area contributed by atoms with E-state index in [1.54, 1.807) is 24.3 Å². The summed E-state index contributed by atoms with van der Waals surface area (Å²) in [4.78, 5) is 52.3. The van der Waals surface area contributed by atoms with Gasteiger partial charge < -0.3 is 15.5 Å². The van der Waals surface area contributed by atoms with Crippen molar-refractivity contribution < 1.29 is 19.2 Å². The number of benzene rings is 2. The molecule has 2 N–H and O–H groups in total. The second kappa shape index (κ2) is 9.18. The molecular formula is C22H22Cl2N4O4. The van der Waals surface area contributed by atoms with Crippen LogP contribution < -0.4 is 10.6 Å². The molecule has 5 amide bonds. The SMILES string of the molecule is Cc1ccc(NC(=O)CN(C)C(=O)CN2C(=O)NC(C)(c3ccc(Cl)cc3Cl)C2=O)cc1. The van der Waals surface area contributed by atoms with Gasteiger partial charge in [-0.05, 0) is 38.1 Å². The molecule has 1 atom stereocenters. The van der Waals surface area contributed by atoms with Crippen LogP contribution in [0.25, 0.3) is 0 Å². The van der Waals surface area contributed by atoms with Gasteiger partial charge in [0.1, 0.15) is 12.1 Å². The van der Waals surface area contributed by atoms with Crippen molar-refractivity contribution in [3.8, 4) is 0 Å². The van der Waals surface area contributed by atoms with Crippen molar-refractivity contribution in [2.75, 3.05) is 25.5 Å². The smallest absolute Gasteiger partial charge is 0.325 e. The third-order valence-electron chi connectivity index (χ3n) is 5.18. The third-order valence-corrected chi connectivity index (χ3v) is 5.73. The molecule has 1 unspecified atom stereocenters. The molecule has 1 saturated heterocycles. The quantitative estimate of drug-likeness (QED) is 0.625. The van der Waals surface area contributed by atoms with E-state index >= 15 is 0 Å². The van der Waals surface area contributed by atoms with Gasteiger partial charge in [0.15, 0.2) is 0 Å². The van der Waals surface area contributed by atoms with Crippen LogP contribution >= 0.6 is 23.2 Å². The first kappa shape index (κ1) is 23.6. The van der Waals surface area contributed by atoms with Crippen molar-refractivity contribution >= 4 is 52.6 Å². The molecule has 1 aliphatic heterocycles. The van der Waals surface area contributed by atoms with Gasteiger partial charge in [-0.15, -0.1) is 0 Å². The zero-order valence-corrected chi connectivity index (χ0v) is 19.3. The van der Waals surface area contributed by atoms with E-state index in [-0.39, 0.29) is 11.6 Å². The summed E-state index contributed by atoms with van der Waals surface area (Å²) in [5, 5.41) is 5.88. The standard InChI is InChI=1S/C22H22Cl2N4O4/c1-13-4-7-15(8-5-13)25-18(29)11-27(3)19(30)12-28-20(31)22(2,26-21(28)32)16-9-6-14(23)10-17(16)24/h4-10H,11-12H2,1-3H3,(H,25,29)(H,26,32). The Kier molecular flexibility index (Phi) is 6.76. The Bertz CT molecular complexity index is 1090. The summed E-state index contributed by atoms with van der Waals surface area (Å²) in [7, 11) is 1.42. The molecule has 2 aromatic carbocycles. The van der Waals surface area contributed by atoms with Crippen molar-refractivity contribution in [1.29, 1.82) is 0 Å². The molecule has 1 heterocycles. The van der Waals surface area contributed by atoms with E-state index in [1.165, 1.54) is 20.0 Å². The first-order valence-electron chi connectivity index (χ1n) is 9.71. The number of likely N-dealkylation sites (N-methyl/N-ethyl adjacent to an activating group) is 1. The molecule has 0 radical (unpaired) electrons. The van der Waals surface area contributed by atoms with Crippen LogP contribution in [0, 0.1) is 6.92 Å². The Morgan fingerprint density at radius 1 is 1.12 bits per heavy atom. The lowest BCUT2D eigenvalue weighted by molar-refractivity contribution is -0.139. The number of imide groups is 1. The number of nitrogens with one attached hydrogen (secondary N) is 2. The Balaban J connectivity index is 1.65. The number of nitrogens with zero attached hydrogens (tertiary/aromatic N) is 2. The number of rotatable bonds is 6. The van der Waals surface area contributed by atoms with E-state index in [0.717, 1.165) is 15.4 Å². The molecule has 0 saturated carbocycles. The fourth-order valence-corrected chi connectivity index (χ4v) is 3.91. The Morgan fingerprint density at radius 2 is 1.78 bits per heavy atom. The van der Waals surface area contributed by atoms with Crippen LogP contribution in [-0.2, 0) is 19.9 Å². The topological polar surface area (TPSA) is 98.8 Å². The predicted molar refractivity (Wildman–Crippen MR) is 122 cm³/mol. The highest BCUT2D eigenvalue weighted by molar-refractivity contribution is 6.35. The minimum Gasteiger partial charge on any atom is -0.335 e. The highest BCUT2D eigenvalue weighted by Crippen LogP contribution is 2.34. The molecule has 8 nitrogen and oxygen atoms in total. The molecule has 0 bridgehead atoms. The van der Waals surface area contributed by atoms with Crippen LogP contribution in [0.5, 0.6) is 0 Å². The van der Waals surface area contributed by atoms with Crippen LogP contribution in [0.1, 0.15) is 18.1 Å². The largest absolute Gasteiger partial charge is 0.335 e. The van der Waals surface area contributed by atoms with Gasteiger partial charge in [0.25, 0.3) is 5.91 Å². The number of hydrogen-bond donors (Lipinski definition) is 2. The van der Waals surface area contributed by atoms with Gasteiger partial charge in [-0.2, -0.15) is 0 Å². The van der Waals surface area contributed by atoms with Crippen LogP contribution in [0.3, 0.4) is 0 Å². The number of hydrogen-bond acceptors (Lipinski definition) is 4. The fourth-order valence-electron chi connectivity index (χ4n) is 3.32. The summed E-state index contributed by atoms with van der Waals surface area (Å²) >= 11 is 12.1. The van der Waals surface area contributed by atoms with Gasteiger partial charge in [-0.1, -0.05) is 47.0 Å². The number of aryl methyl sites for hydroxylation is 1. The number of carbonyl (C=O) groups excluding carboxylic acids is 4. The second-order valence-electron chi connectivity index (χ2n) is 7.73. The van der Waals surface area contributed by atoms with Crippen LogP contribution in [-0.4, -0.2) is 53.7 Å². The van der Waals surface area contributed by atoms with Gasteiger partial charge in [-0.3, -0.25) is 19.3 Å². The highest BCUT2D eigenvalue weighted by Gasteiger charge is 2.50. The molecular weight excluding hydrogens is 455 g/mol. The van der Waals surface area contributed by atoms with Crippen LogP contribution in [0.15, 0.2) is 42.5 Å². The lowest BCUT2D eigenvalue weighted by Crippen LogP contribution is -2.45. The molecule has 2 aromatic rings. The van der Waals surface area contributed by atoms with E-state index in [2.05, 4.69) is 10.6 Å². The van der Waals surface area contributed by atoms with E-state index in [0.29, 0.717) is 16.3 Å². The molecule has 0 aromatic heterocycles. The predicted octanol–water partition coefficient (Wildman–Crippen LogP) is 3.17. The first-order valence-corrected chi connectivity index (χ1v) is 10.5. The monoisotopic (exact) mass is 476 g/mol. The summed E-state index contributed by atoms with van der Waals surface area (Å²) < 4.78 is 0. The minimum absolute atomic E-state index is 0.215. The molecule has 1 aliphatic rings. The van der Waals surface area contributed by atoms with Crippen LogP contribution in [0.2, 0.25) is 10.0 Å². The van der Waals surface area contributed by atoms with Crippen molar-refractivity contribution in [1.82, 2.24) is 15.1 Å². The van der Waals surface area contributed by atoms with Gasteiger partial charge in [-0.25, -0.2) is 4.79 Å². The maximum Gasteiger partial charge on any atom is 0.325 e. The van der Waals surface area contributed by atoms with Crippen LogP contribution in [0.4, 0.5) is 10.5 Å². The molecule has 168 valence electrons. The summed E-state index contributed by atoms with van der Waals surface area (Å²) in [6.07, 6.45) is 0. The van der Waals surface area contributed by atoms with E-state index < -0.39 is 35.8 Å². The summed E-state index contributed by atoms with van der Waals surface area (Å²) in [6, 6.07) is 11.1. The molecule has 32 heavy (non-hydrogen) atoms. The maximum atomic E-state index is 13.0.